The monoisotopic (exact) mass is 168 g/mol. The molecular formula is C9H9ClO. The maximum Gasteiger partial charge on any atom is 0.120 e. The molecule has 0 amide bonds. The Morgan fingerprint density at radius 3 is 2.73 bits per heavy atom. The molecule has 2 heteroatoms. The Morgan fingerprint density at radius 1 is 1.55 bits per heavy atom. The molecule has 0 N–H and O–H groups in total. The molecule has 0 bridgehead atoms. The van der Waals surface area contributed by atoms with Gasteiger partial charge in [0.1, 0.15) is 5.75 Å². The third-order valence-corrected chi connectivity index (χ3v) is 1.75. The van der Waals surface area contributed by atoms with E-state index in [0.29, 0.717) is 5.02 Å². The minimum absolute atomic E-state index is 0.666. The normalized spacial score (nSPS) is 9.27. The van der Waals surface area contributed by atoms with Gasteiger partial charge in [-0.25, -0.2) is 0 Å². The van der Waals surface area contributed by atoms with Crippen molar-refractivity contribution in [2.24, 2.45) is 0 Å². The Balaban J connectivity index is 3.09. The van der Waals surface area contributed by atoms with Crippen LogP contribution in [0.4, 0.5) is 0 Å². The van der Waals surface area contributed by atoms with Gasteiger partial charge in [-0.05, 0) is 23.8 Å². The van der Waals surface area contributed by atoms with Gasteiger partial charge in [0.25, 0.3) is 0 Å². The maximum absolute atomic E-state index is 5.86. The second-order valence-corrected chi connectivity index (χ2v) is 2.50. The predicted molar refractivity (Wildman–Crippen MR) is 48.1 cm³/mol. The Hall–Kier alpha value is -0.950. The Bertz CT molecular complexity index is 268. The minimum Gasteiger partial charge on any atom is -0.497 e. The molecule has 0 unspecified atom stereocenters. The SMILES string of the molecule is C=Cc1ccc(OC)cc1Cl. The molecule has 1 rings (SSSR count). The van der Waals surface area contributed by atoms with Crippen molar-refractivity contribution in [1.82, 2.24) is 0 Å². The van der Waals surface area contributed by atoms with Gasteiger partial charge in [0.2, 0.25) is 0 Å². The molecule has 0 aliphatic heterocycles. The molecule has 0 aromatic heterocycles. The van der Waals surface area contributed by atoms with Gasteiger partial charge in [0.15, 0.2) is 0 Å². The lowest BCUT2D eigenvalue weighted by Gasteiger charge is -2.01. The number of hydrogen-bond acceptors (Lipinski definition) is 1. The standard InChI is InChI=1S/C9H9ClO/c1-3-7-4-5-8(11-2)6-9(7)10/h3-6H,1H2,2H3. The fourth-order valence-electron chi connectivity index (χ4n) is 0.800. The van der Waals surface area contributed by atoms with Crippen LogP contribution < -0.4 is 4.74 Å². The van der Waals surface area contributed by atoms with Crippen molar-refractivity contribution in [2.45, 2.75) is 0 Å². The zero-order valence-electron chi connectivity index (χ0n) is 6.30. The second-order valence-electron chi connectivity index (χ2n) is 2.09. The lowest BCUT2D eigenvalue weighted by atomic mass is 10.2. The van der Waals surface area contributed by atoms with E-state index in [1.165, 1.54) is 0 Å². The van der Waals surface area contributed by atoms with Crippen molar-refractivity contribution in [3.05, 3.63) is 35.4 Å². The van der Waals surface area contributed by atoms with Crippen LogP contribution in [0.1, 0.15) is 5.56 Å². The average Bonchev–Trinajstić information content (AvgIpc) is 2.04. The van der Waals surface area contributed by atoms with Gasteiger partial charge in [-0.15, -0.1) is 0 Å². The fourth-order valence-corrected chi connectivity index (χ4v) is 1.05. The quantitative estimate of drug-likeness (QED) is 0.660. The van der Waals surface area contributed by atoms with Crippen molar-refractivity contribution in [1.29, 1.82) is 0 Å². The smallest absolute Gasteiger partial charge is 0.120 e. The van der Waals surface area contributed by atoms with Gasteiger partial charge in [0.05, 0.1) is 12.1 Å². The highest BCUT2D eigenvalue weighted by Crippen LogP contribution is 2.22. The van der Waals surface area contributed by atoms with E-state index in [2.05, 4.69) is 6.58 Å². The van der Waals surface area contributed by atoms with Crippen molar-refractivity contribution >= 4 is 17.7 Å². The lowest BCUT2D eigenvalue weighted by molar-refractivity contribution is 0.415. The molecule has 0 saturated carbocycles. The summed E-state index contributed by atoms with van der Waals surface area (Å²) in [7, 11) is 1.61. The second kappa shape index (κ2) is 3.44. The first-order chi connectivity index (χ1) is 5.27. The van der Waals surface area contributed by atoms with Gasteiger partial charge in [-0.3, -0.25) is 0 Å². The van der Waals surface area contributed by atoms with Crippen LogP contribution in [0.2, 0.25) is 5.02 Å². The van der Waals surface area contributed by atoms with Gasteiger partial charge in [-0.1, -0.05) is 24.3 Å². The van der Waals surface area contributed by atoms with Gasteiger partial charge < -0.3 is 4.74 Å². The molecule has 1 aromatic rings. The zero-order chi connectivity index (χ0) is 8.27. The van der Waals surface area contributed by atoms with Crippen molar-refractivity contribution in [3.63, 3.8) is 0 Å². The number of benzene rings is 1. The van der Waals surface area contributed by atoms with Gasteiger partial charge in [0, 0.05) is 0 Å². The number of methoxy groups -OCH3 is 1. The van der Waals surface area contributed by atoms with Crippen LogP contribution >= 0.6 is 11.6 Å². The molecule has 58 valence electrons. The molecule has 0 radical (unpaired) electrons. The number of hydrogen-bond donors (Lipinski definition) is 0. The van der Waals surface area contributed by atoms with Crippen LogP contribution in [0.3, 0.4) is 0 Å². The highest BCUT2D eigenvalue weighted by atomic mass is 35.5. The maximum atomic E-state index is 5.86. The summed E-state index contributed by atoms with van der Waals surface area (Å²) in [5.41, 5.74) is 0.924. The van der Waals surface area contributed by atoms with Crippen LogP contribution in [0.5, 0.6) is 5.75 Å². The third kappa shape index (κ3) is 1.75. The van der Waals surface area contributed by atoms with Crippen LogP contribution in [0.15, 0.2) is 24.8 Å². The summed E-state index contributed by atoms with van der Waals surface area (Å²) in [6, 6.07) is 5.48. The van der Waals surface area contributed by atoms with Gasteiger partial charge in [-0.2, -0.15) is 0 Å². The first kappa shape index (κ1) is 8.15. The Kier molecular flexibility index (Phi) is 2.55. The van der Waals surface area contributed by atoms with Crippen LogP contribution in [-0.2, 0) is 0 Å². The highest BCUT2D eigenvalue weighted by Gasteiger charge is 1.96. The molecule has 0 heterocycles. The van der Waals surface area contributed by atoms with E-state index in [1.54, 1.807) is 19.3 Å². The zero-order valence-corrected chi connectivity index (χ0v) is 7.06. The topological polar surface area (TPSA) is 9.23 Å². The summed E-state index contributed by atoms with van der Waals surface area (Å²) in [4.78, 5) is 0. The Labute approximate surface area is 71.3 Å². The van der Waals surface area contributed by atoms with Gasteiger partial charge >= 0.3 is 0 Å². The summed E-state index contributed by atoms with van der Waals surface area (Å²) in [5, 5.41) is 0.666. The van der Waals surface area contributed by atoms with E-state index in [9.17, 15) is 0 Å². The molecule has 0 aliphatic carbocycles. The van der Waals surface area contributed by atoms with E-state index < -0.39 is 0 Å². The summed E-state index contributed by atoms with van der Waals surface area (Å²) in [6.07, 6.45) is 1.71. The average molecular weight is 169 g/mol. The summed E-state index contributed by atoms with van der Waals surface area (Å²) in [5.74, 6) is 0.764. The lowest BCUT2D eigenvalue weighted by Crippen LogP contribution is -1.82. The van der Waals surface area contributed by atoms with E-state index in [0.717, 1.165) is 11.3 Å². The van der Waals surface area contributed by atoms with Crippen LogP contribution in [0.25, 0.3) is 6.08 Å². The highest BCUT2D eigenvalue weighted by molar-refractivity contribution is 6.32. The van der Waals surface area contributed by atoms with Crippen LogP contribution in [-0.4, -0.2) is 7.11 Å². The summed E-state index contributed by atoms with van der Waals surface area (Å²) < 4.78 is 4.98. The first-order valence-electron chi connectivity index (χ1n) is 3.24. The fraction of sp³-hybridized carbons (Fsp3) is 0.111. The number of rotatable bonds is 2. The third-order valence-electron chi connectivity index (χ3n) is 1.43. The number of halogens is 1. The Morgan fingerprint density at radius 2 is 2.27 bits per heavy atom. The van der Waals surface area contributed by atoms with E-state index in [-0.39, 0.29) is 0 Å². The van der Waals surface area contributed by atoms with Crippen molar-refractivity contribution < 1.29 is 4.74 Å². The predicted octanol–water partition coefficient (Wildman–Crippen LogP) is 2.99. The molecule has 0 saturated heterocycles. The molecule has 11 heavy (non-hydrogen) atoms. The molecule has 1 nitrogen and oxygen atoms in total. The van der Waals surface area contributed by atoms with Crippen molar-refractivity contribution in [2.75, 3.05) is 7.11 Å². The molecule has 0 spiro atoms. The van der Waals surface area contributed by atoms with Crippen molar-refractivity contribution in [3.8, 4) is 5.75 Å². The minimum atomic E-state index is 0.666. The van der Waals surface area contributed by atoms with E-state index >= 15 is 0 Å². The molecule has 0 atom stereocenters. The molecule has 0 fully saturated rings. The van der Waals surface area contributed by atoms with E-state index in [1.807, 2.05) is 12.1 Å². The first-order valence-corrected chi connectivity index (χ1v) is 3.61. The van der Waals surface area contributed by atoms with Crippen LogP contribution in [0, 0.1) is 0 Å². The van der Waals surface area contributed by atoms with E-state index in [4.69, 9.17) is 16.3 Å². The number of ether oxygens (including phenoxy) is 1. The largest absolute Gasteiger partial charge is 0.497 e. The molecule has 0 aliphatic rings. The molecular weight excluding hydrogens is 160 g/mol. The molecule has 1 aromatic carbocycles. The summed E-state index contributed by atoms with van der Waals surface area (Å²) >= 11 is 5.86. The summed E-state index contributed by atoms with van der Waals surface area (Å²) in [6.45, 7) is 3.62.